The zero-order valence-electron chi connectivity index (χ0n) is 11.5. The van der Waals surface area contributed by atoms with Crippen LogP contribution in [0.1, 0.15) is 36.8 Å². The molecule has 4 nitrogen and oxygen atoms in total. The first-order chi connectivity index (χ1) is 9.60. The maximum absolute atomic E-state index is 13.6. The molecule has 1 saturated carbocycles. The zero-order valence-corrected chi connectivity index (χ0v) is 11.5. The van der Waals surface area contributed by atoms with E-state index in [-0.39, 0.29) is 18.0 Å². The Balaban J connectivity index is 1.96. The lowest BCUT2D eigenvalue weighted by molar-refractivity contribution is -0.115. The monoisotopic (exact) mass is 275 g/mol. The number of rotatable bonds is 4. The minimum atomic E-state index is -0.483. The molecule has 2 N–H and O–H groups in total. The number of amides is 1. The van der Waals surface area contributed by atoms with Gasteiger partial charge in [0.15, 0.2) is 0 Å². The molecule has 2 rings (SSSR count). The van der Waals surface area contributed by atoms with Gasteiger partial charge in [0.2, 0.25) is 5.91 Å². The third-order valence-corrected chi connectivity index (χ3v) is 3.65. The van der Waals surface area contributed by atoms with Crippen molar-refractivity contribution in [3.8, 4) is 6.07 Å². The summed E-state index contributed by atoms with van der Waals surface area (Å²) in [5.74, 6) is -0.697. The van der Waals surface area contributed by atoms with E-state index in [9.17, 15) is 9.18 Å². The minimum Gasteiger partial charge on any atom is -0.325 e. The number of hydrogen-bond donors (Lipinski definition) is 2. The molecule has 106 valence electrons. The summed E-state index contributed by atoms with van der Waals surface area (Å²) in [6.07, 6.45) is 4.61. The Bertz CT molecular complexity index is 545. The fourth-order valence-corrected chi connectivity index (χ4v) is 2.43. The SMILES string of the molecule is Cc1c(F)cc(C#N)cc1NC(=O)CNC1CCCC1. The average molecular weight is 275 g/mol. The lowest BCUT2D eigenvalue weighted by atomic mass is 10.1. The van der Waals surface area contributed by atoms with Crippen LogP contribution < -0.4 is 10.6 Å². The van der Waals surface area contributed by atoms with Gasteiger partial charge < -0.3 is 10.6 Å². The van der Waals surface area contributed by atoms with Crippen LogP contribution in [0, 0.1) is 24.1 Å². The van der Waals surface area contributed by atoms with Gasteiger partial charge in [-0.05, 0) is 31.9 Å². The molecular weight excluding hydrogens is 257 g/mol. The molecule has 5 heteroatoms. The summed E-state index contributed by atoms with van der Waals surface area (Å²) in [6.45, 7) is 1.79. The largest absolute Gasteiger partial charge is 0.325 e. The number of nitrogens with zero attached hydrogens (tertiary/aromatic N) is 1. The molecule has 0 radical (unpaired) electrons. The molecule has 0 saturated heterocycles. The Morgan fingerprint density at radius 1 is 1.45 bits per heavy atom. The highest BCUT2D eigenvalue weighted by Crippen LogP contribution is 2.20. The molecule has 0 unspecified atom stereocenters. The Kier molecular flexibility index (Phi) is 4.70. The maximum atomic E-state index is 13.6. The van der Waals surface area contributed by atoms with Crippen LogP contribution in [0.25, 0.3) is 0 Å². The first kappa shape index (κ1) is 14.5. The van der Waals surface area contributed by atoms with Crippen LogP contribution in [-0.4, -0.2) is 18.5 Å². The van der Waals surface area contributed by atoms with Gasteiger partial charge >= 0.3 is 0 Å². The second kappa shape index (κ2) is 6.49. The van der Waals surface area contributed by atoms with Crippen molar-refractivity contribution in [2.45, 2.75) is 38.6 Å². The van der Waals surface area contributed by atoms with Crippen molar-refractivity contribution >= 4 is 11.6 Å². The average Bonchev–Trinajstić information content (AvgIpc) is 2.94. The second-order valence-corrected chi connectivity index (χ2v) is 5.15. The van der Waals surface area contributed by atoms with E-state index in [1.165, 1.54) is 25.0 Å². The molecule has 0 bridgehead atoms. The van der Waals surface area contributed by atoms with Crippen molar-refractivity contribution in [1.82, 2.24) is 5.32 Å². The van der Waals surface area contributed by atoms with E-state index < -0.39 is 5.82 Å². The smallest absolute Gasteiger partial charge is 0.238 e. The normalized spacial score (nSPS) is 15.1. The molecule has 20 heavy (non-hydrogen) atoms. The van der Waals surface area contributed by atoms with Crippen LogP contribution in [0.15, 0.2) is 12.1 Å². The maximum Gasteiger partial charge on any atom is 0.238 e. The molecular formula is C15H18FN3O. The highest BCUT2D eigenvalue weighted by atomic mass is 19.1. The topological polar surface area (TPSA) is 64.9 Å². The molecule has 0 atom stereocenters. The lowest BCUT2D eigenvalue weighted by Crippen LogP contribution is -2.34. The molecule has 1 aromatic rings. The number of anilines is 1. The van der Waals surface area contributed by atoms with E-state index in [2.05, 4.69) is 10.6 Å². The summed E-state index contributed by atoms with van der Waals surface area (Å²) in [5.41, 5.74) is 0.908. The summed E-state index contributed by atoms with van der Waals surface area (Å²) >= 11 is 0. The summed E-state index contributed by atoms with van der Waals surface area (Å²) in [6, 6.07) is 4.95. The number of halogens is 1. The molecule has 0 heterocycles. The molecule has 0 spiro atoms. The third-order valence-electron chi connectivity index (χ3n) is 3.65. The van der Waals surface area contributed by atoms with Gasteiger partial charge in [-0.15, -0.1) is 0 Å². The van der Waals surface area contributed by atoms with Crippen molar-refractivity contribution in [3.05, 3.63) is 29.1 Å². The van der Waals surface area contributed by atoms with Crippen LogP contribution in [0.2, 0.25) is 0 Å². The van der Waals surface area contributed by atoms with E-state index in [1.807, 2.05) is 6.07 Å². The molecule has 1 amide bonds. The Morgan fingerprint density at radius 3 is 2.80 bits per heavy atom. The Morgan fingerprint density at radius 2 is 2.15 bits per heavy atom. The number of nitrogens with one attached hydrogen (secondary N) is 2. The van der Waals surface area contributed by atoms with Gasteiger partial charge in [0.1, 0.15) is 5.82 Å². The molecule has 0 aliphatic heterocycles. The van der Waals surface area contributed by atoms with Crippen LogP contribution in [0.4, 0.5) is 10.1 Å². The predicted octanol–water partition coefficient (Wildman–Crippen LogP) is 2.48. The fraction of sp³-hybridized carbons (Fsp3) is 0.467. The molecule has 1 aliphatic rings. The molecule has 1 aromatic carbocycles. The van der Waals surface area contributed by atoms with Gasteiger partial charge in [0, 0.05) is 17.3 Å². The van der Waals surface area contributed by atoms with Crippen LogP contribution in [0.3, 0.4) is 0 Å². The van der Waals surface area contributed by atoms with Crippen molar-refractivity contribution in [2.24, 2.45) is 0 Å². The van der Waals surface area contributed by atoms with E-state index in [1.54, 1.807) is 6.92 Å². The summed E-state index contributed by atoms with van der Waals surface area (Å²) in [7, 11) is 0. The number of carbonyl (C=O) groups excluding carboxylic acids is 1. The van der Waals surface area contributed by atoms with E-state index in [0.717, 1.165) is 12.8 Å². The molecule has 0 aromatic heterocycles. The predicted molar refractivity (Wildman–Crippen MR) is 74.7 cm³/mol. The van der Waals surface area contributed by atoms with Gasteiger partial charge in [0.05, 0.1) is 18.2 Å². The Hall–Kier alpha value is -1.93. The van der Waals surface area contributed by atoms with Crippen molar-refractivity contribution < 1.29 is 9.18 Å². The number of carbonyl (C=O) groups is 1. The first-order valence-corrected chi connectivity index (χ1v) is 6.83. The first-order valence-electron chi connectivity index (χ1n) is 6.83. The summed E-state index contributed by atoms with van der Waals surface area (Å²) in [4.78, 5) is 11.9. The van der Waals surface area contributed by atoms with Crippen LogP contribution in [-0.2, 0) is 4.79 Å². The van der Waals surface area contributed by atoms with E-state index in [4.69, 9.17) is 5.26 Å². The number of nitriles is 1. The van der Waals surface area contributed by atoms with Gasteiger partial charge in [-0.25, -0.2) is 4.39 Å². The third kappa shape index (κ3) is 3.55. The molecule has 1 fully saturated rings. The van der Waals surface area contributed by atoms with Crippen molar-refractivity contribution in [2.75, 3.05) is 11.9 Å². The lowest BCUT2D eigenvalue weighted by Gasteiger charge is -2.13. The zero-order chi connectivity index (χ0) is 14.5. The van der Waals surface area contributed by atoms with E-state index >= 15 is 0 Å². The van der Waals surface area contributed by atoms with Crippen LogP contribution in [0.5, 0.6) is 0 Å². The highest BCUT2D eigenvalue weighted by molar-refractivity contribution is 5.93. The standard InChI is InChI=1S/C15H18FN3O/c1-10-13(16)6-11(8-17)7-14(10)19-15(20)9-18-12-4-2-3-5-12/h6-7,12,18H,2-5,9H2,1H3,(H,19,20). The molecule has 1 aliphatic carbocycles. The fourth-order valence-electron chi connectivity index (χ4n) is 2.43. The second-order valence-electron chi connectivity index (χ2n) is 5.15. The Labute approximate surface area is 118 Å². The van der Waals surface area contributed by atoms with Crippen LogP contribution >= 0.6 is 0 Å². The van der Waals surface area contributed by atoms with Gasteiger partial charge in [-0.3, -0.25) is 4.79 Å². The van der Waals surface area contributed by atoms with E-state index in [0.29, 0.717) is 17.3 Å². The van der Waals surface area contributed by atoms with Gasteiger partial charge in [-0.1, -0.05) is 12.8 Å². The van der Waals surface area contributed by atoms with Gasteiger partial charge in [0.25, 0.3) is 0 Å². The summed E-state index contributed by atoms with van der Waals surface area (Å²) in [5, 5.41) is 14.7. The highest BCUT2D eigenvalue weighted by Gasteiger charge is 2.16. The van der Waals surface area contributed by atoms with Crippen molar-refractivity contribution in [1.29, 1.82) is 5.26 Å². The van der Waals surface area contributed by atoms with Gasteiger partial charge in [-0.2, -0.15) is 5.26 Å². The van der Waals surface area contributed by atoms with Crippen molar-refractivity contribution in [3.63, 3.8) is 0 Å². The summed E-state index contributed by atoms with van der Waals surface area (Å²) < 4.78 is 13.6. The number of benzene rings is 1. The number of hydrogen-bond acceptors (Lipinski definition) is 3. The minimum absolute atomic E-state index is 0.201. The quantitative estimate of drug-likeness (QED) is 0.887.